The van der Waals surface area contributed by atoms with Gasteiger partial charge in [0.1, 0.15) is 0 Å². The molecule has 0 amide bonds. The zero-order chi connectivity index (χ0) is 9.31. The van der Waals surface area contributed by atoms with Crippen LogP contribution in [-0.4, -0.2) is 36.2 Å². The van der Waals surface area contributed by atoms with E-state index >= 15 is 0 Å². The highest BCUT2D eigenvalue weighted by Crippen LogP contribution is 2.35. The molecule has 0 saturated carbocycles. The average Bonchev–Trinajstić information content (AvgIpc) is 2.54. The van der Waals surface area contributed by atoms with Crippen molar-refractivity contribution in [2.24, 2.45) is 0 Å². The fourth-order valence-corrected chi connectivity index (χ4v) is 2.60. The molecule has 0 unspecified atom stereocenters. The van der Waals surface area contributed by atoms with E-state index in [0.29, 0.717) is 11.6 Å². The van der Waals surface area contributed by atoms with Gasteiger partial charge in [-0.3, -0.25) is 0 Å². The van der Waals surface area contributed by atoms with Crippen LogP contribution in [0.4, 0.5) is 0 Å². The molecular formula is C11H21NO. The highest BCUT2D eigenvalue weighted by molar-refractivity contribution is 4.91. The van der Waals surface area contributed by atoms with Crippen LogP contribution in [0.25, 0.3) is 0 Å². The summed E-state index contributed by atoms with van der Waals surface area (Å²) in [5.74, 6) is 0. The molecule has 2 heterocycles. The first kappa shape index (κ1) is 9.47. The Morgan fingerprint density at radius 2 is 1.85 bits per heavy atom. The van der Waals surface area contributed by atoms with Gasteiger partial charge in [0.15, 0.2) is 0 Å². The minimum Gasteiger partial charge on any atom is -0.375 e. The SMILES string of the molecule is CC(C)N1CCC2(CCCO2)CC1. The number of piperidine rings is 1. The van der Waals surface area contributed by atoms with Gasteiger partial charge in [-0.15, -0.1) is 0 Å². The normalized spacial score (nSPS) is 28.8. The van der Waals surface area contributed by atoms with Crippen LogP contribution >= 0.6 is 0 Å². The van der Waals surface area contributed by atoms with Crippen molar-refractivity contribution in [3.63, 3.8) is 0 Å². The molecule has 2 heteroatoms. The smallest absolute Gasteiger partial charge is 0.0707 e. The zero-order valence-corrected chi connectivity index (χ0v) is 8.88. The number of rotatable bonds is 1. The summed E-state index contributed by atoms with van der Waals surface area (Å²) in [5.41, 5.74) is 0.297. The lowest BCUT2D eigenvalue weighted by Gasteiger charge is -2.40. The van der Waals surface area contributed by atoms with E-state index < -0.39 is 0 Å². The van der Waals surface area contributed by atoms with Crippen molar-refractivity contribution >= 4 is 0 Å². The van der Waals surface area contributed by atoms with E-state index in [1.165, 1.54) is 38.8 Å². The van der Waals surface area contributed by atoms with Gasteiger partial charge in [-0.1, -0.05) is 0 Å². The summed E-state index contributed by atoms with van der Waals surface area (Å²) in [6, 6.07) is 0.707. The molecule has 0 aromatic carbocycles. The van der Waals surface area contributed by atoms with Crippen molar-refractivity contribution in [3.8, 4) is 0 Å². The van der Waals surface area contributed by atoms with Crippen LogP contribution in [0.2, 0.25) is 0 Å². The molecule has 0 radical (unpaired) electrons. The Morgan fingerprint density at radius 3 is 2.31 bits per heavy atom. The molecule has 2 aliphatic heterocycles. The van der Waals surface area contributed by atoms with Crippen molar-refractivity contribution in [2.75, 3.05) is 19.7 Å². The predicted octanol–water partition coefficient (Wildman–Crippen LogP) is 2.04. The molecule has 2 fully saturated rings. The predicted molar refractivity (Wildman–Crippen MR) is 53.9 cm³/mol. The van der Waals surface area contributed by atoms with Gasteiger partial charge in [-0.25, -0.2) is 0 Å². The molecule has 13 heavy (non-hydrogen) atoms. The van der Waals surface area contributed by atoms with Gasteiger partial charge < -0.3 is 9.64 Å². The van der Waals surface area contributed by atoms with Crippen molar-refractivity contribution < 1.29 is 4.74 Å². The van der Waals surface area contributed by atoms with E-state index in [0.717, 1.165) is 6.61 Å². The first-order chi connectivity index (χ1) is 6.22. The monoisotopic (exact) mass is 183 g/mol. The van der Waals surface area contributed by atoms with E-state index in [4.69, 9.17) is 4.74 Å². The van der Waals surface area contributed by atoms with Crippen molar-refractivity contribution in [3.05, 3.63) is 0 Å². The molecule has 0 bridgehead atoms. The number of hydrogen-bond donors (Lipinski definition) is 0. The summed E-state index contributed by atoms with van der Waals surface area (Å²) in [6.45, 7) is 8.04. The Morgan fingerprint density at radius 1 is 1.15 bits per heavy atom. The fourth-order valence-electron chi connectivity index (χ4n) is 2.60. The molecule has 2 aliphatic rings. The molecule has 0 aromatic rings. The molecule has 0 N–H and O–H groups in total. The number of hydrogen-bond acceptors (Lipinski definition) is 2. The van der Waals surface area contributed by atoms with Crippen LogP contribution in [0.3, 0.4) is 0 Å². The van der Waals surface area contributed by atoms with Gasteiger partial charge >= 0.3 is 0 Å². The Hall–Kier alpha value is -0.0800. The van der Waals surface area contributed by atoms with Gasteiger partial charge in [0.2, 0.25) is 0 Å². The van der Waals surface area contributed by atoms with E-state index in [1.807, 2.05) is 0 Å². The molecule has 0 aliphatic carbocycles. The van der Waals surface area contributed by atoms with Crippen LogP contribution in [0.5, 0.6) is 0 Å². The van der Waals surface area contributed by atoms with Gasteiger partial charge in [0.25, 0.3) is 0 Å². The molecule has 0 aromatic heterocycles. The maximum atomic E-state index is 5.88. The third-order valence-electron chi connectivity index (χ3n) is 3.62. The zero-order valence-electron chi connectivity index (χ0n) is 8.88. The van der Waals surface area contributed by atoms with Crippen LogP contribution in [0, 0.1) is 0 Å². The summed E-state index contributed by atoms with van der Waals surface area (Å²) in [6.07, 6.45) is 5.09. The first-order valence-electron chi connectivity index (χ1n) is 5.60. The summed E-state index contributed by atoms with van der Waals surface area (Å²) >= 11 is 0. The fraction of sp³-hybridized carbons (Fsp3) is 1.00. The van der Waals surface area contributed by atoms with E-state index in [1.54, 1.807) is 0 Å². The third-order valence-corrected chi connectivity index (χ3v) is 3.62. The quantitative estimate of drug-likeness (QED) is 0.617. The first-order valence-corrected chi connectivity index (χ1v) is 5.60. The second-order valence-corrected chi connectivity index (χ2v) is 4.76. The van der Waals surface area contributed by atoms with Crippen LogP contribution in [0.1, 0.15) is 39.5 Å². The summed E-state index contributed by atoms with van der Waals surface area (Å²) in [7, 11) is 0. The van der Waals surface area contributed by atoms with Crippen molar-refractivity contribution in [1.82, 2.24) is 4.90 Å². The van der Waals surface area contributed by atoms with Gasteiger partial charge in [0, 0.05) is 25.7 Å². The summed E-state index contributed by atoms with van der Waals surface area (Å²) < 4.78 is 5.88. The van der Waals surface area contributed by atoms with Gasteiger partial charge in [-0.2, -0.15) is 0 Å². The molecule has 2 nitrogen and oxygen atoms in total. The lowest BCUT2D eigenvalue weighted by Crippen LogP contribution is -2.46. The second-order valence-electron chi connectivity index (χ2n) is 4.76. The van der Waals surface area contributed by atoms with E-state index in [2.05, 4.69) is 18.7 Å². The molecule has 2 rings (SSSR count). The van der Waals surface area contributed by atoms with Crippen molar-refractivity contribution in [1.29, 1.82) is 0 Å². The largest absolute Gasteiger partial charge is 0.375 e. The summed E-state index contributed by atoms with van der Waals surface area (Å²) in [5, 5.41) is 0. The van der Waals surface area contributed by atoms with Gasteiger partial charge in [-0.05, 0) is 39.5 Å². The molecule has 2 saturated heterocycles. The highest BCUT2D eigenvalue weighted by Gasteiger charge is 2.38. The van der Waals surface area contributed by atoms with Crippen molar-refractivity contribution in [2.45, 2.75) is 51.2 Å². The van der Waals surface area contributed by atoms with Gasteiger partial charge in [0.05, 0.1) is 5.60 Å². The highest BCUT2D eigenvalue weighted by atomic mass is 16.5. The molecule has 76 valence electrons. The molecular weight excluding hydrogens is 162 g/mol. The van der Waals surface area contributed by atoms with Crippen LogP contribution in [0.15, 0.2) is 0 Å². The Kier molecular flexibility index (Phi) is 2.61. The lowest BCUT2D eigenvalue weighted by atomic mass is 9.88. The maximum absolute atomic E-state index is 5.88. The topological polar surface area (TPSA) is 12.5 Å². The Labute approximate surface area is 81.3 Å². The molecule has 1 spiro atoms. The number of likely N-dealkylation sites (tertiary alicyclic amines) is 1. The third kappa shape index (κ3) is 1.89. The lowest BCUT2D eigenvalue weighted by molar-refractivity contribution is -0.0482. The average molecular weight is 183 g/mol. The Balaban J connectivity index is 1.88. The maximum Gasteiger partial charge on any atom is 0.0707 e. The number of ether oxygens (including phenoxy) is 1. The van der Waals surface area contributed by atoms with Crippen LogP contribution in [-0.2, 0) is 4.74 Å². The standard InChI is InChI=1S/C11H21NO/c1-10(2)12-7-5-11(6-8-12)4-3-9-13-11/h10H,3-9H2,1-2H3. The Bertz CT molecular complexity index is 163. The second kappa shape index (κ2) is 3.58. The van der Waals surface area contributed by atoms with E-state index in [9.17, 15) is 0 Å². The minimum absolute atomic E-state index is 0.297. The van der Waals surface area contributed by atoms with Crippen LogP contribution < -0.4 is 0 Å². The minimum atomic E-state index is 0.297. The number of nitrogens with zero attached hydrogens (tertiary/aromatic N) is 1. The van der Waals surface area contributed by atoms with E-state index in [-0.39, 0.29) is 0 Å². The molecule has 0 atom stereocenters. The summed E-state index contributed by atoms with van der Waals surface area (Å²) in [4.78, 5) is 2.56.